The van der Waals surface area contributed by atoms with Crippen molar-refractivity contribution < 1.29 is 22.7 Å². The topological polar surface area (TPSA) is 59.1 Å². The number of rotatable bonds is 4. The molecule has 0 aliphatic carbocycles. The molecule has 0 spiro atoms. The Bertz CT molecular complexity index is 681. The lowest BCUT2D eigenvalue weighted by molar-refractivity contribution is -0.193. The summed E-state index contributed by atoms with van der Waals surface area (Å²) in [6.45, 7) is -0.986. The molecule has 118 valence electrons. The summed E-state index contributed by atoms with van der Waals surface area (Å²) in [4.78, 5) is 3.53. The molecule has 0 unspecified atom stereocenters. The molecule has 2 rings (SSSR count). The first kappa shape index (κ1) is 16.9. The van der Waals surface area contributed by atoms with E-state index < -0.39 is 41.0 Å². The zero-order valence-corrected chi connectivity index (χ0v) is 12.6. The molecule has 1 aromatic carbocycles. The third-order valence-electron chi connectivity index (χ3n) is 3.24. The normalized spacial score (nSPS) is 14.7. The van der Waals surface area contributed by atoms with Gasteiger partial charge in [-0.1, -0.05) is 6.07 Å². The molecule has 22 heavy (non-hydrogen) atoms. The van der Waals surface area contributed by atoms with Crippen LogP contribution in [-0.2, 0) is 11.5 Å². The number of nitrogens with two attached hydrogens (primary N) is 1. The van der Waals surface area contributed by atoms with Gasteiger partial charge < -0.3 is 10.8 Å². The second-order valence-electron chi connectivity index (χ2n) is 4.62. The second-order valence-corrected chi connectivity index (χ2v) is 5.54. The summed E-state index contributed by atoms with van der Waals surface area (Å²) in [5.41, 5.74) is 0.623. The zero-order valence-electron chi connectivity index (χ0n) is 11.0. The number of alkyl halides is 2. The Balaban J connectivity index is 2.59. The van der Waals surface area contributed by atoms with Crippen LogP contribution in [0.25, 0.3) is 0 Å². The number of pyridine rings is 1. The first-order chi connectivity index (χ1) is 10.2. The highest BCUT2D eigenvalue weighted by Gasteiger charge is 2.56. The fourth-order valence-electron chi connectivity index (χ4n) is 2.01. The van der Waals surface area contributed by atoms with E-state index in [0.29, 0.717) is 10.5 Å². The van der Waals surface area contributed by atoms with Crippen LogP contribution in [0.5, 0.6) is 0 Å². The smallest absolute Gasteiger partial charge is 0.323 e. The summed E-state index contributed by atoms with van der Waals surface area (Å²) >= 11 is 3.05. The van der Waals surface area contributed by atoms with Gasteiger partial charge in [0.25, 0.3) is 0 Å². The van der Waals surface area contributed by atoms with Crippen molar-refractivity contribution in [3.8, 4) is 0 Å². The monoisotopic (exact) mass is 378 g/mol. The van der Waals surface area contributed by atoms with Gasteiger partial charge in [-0.2, -0.15) is 8.78 Å². The van der Waals surface area contributed by atoms with Gasteiger partial charge in [-0.05, 0) is 34.1 Å². The van der Waals surface area contributed by atoms with E-state index in [9.17, 15) is 22.7 Å². The molecule has 2 aromatic rings. The van der Waals surface area contributed by atoms with Crippen molar-refractivity contribution in [3.63, 3.8) is 0 Å². The molecule has 1 aromatic heterocycles. The highest BCUT2D eigenvalue weighted by atomic mass is 79.9. The summed E-state index contributed by atoms with van der Waals surface area (Å²) in [5.74, 6) is -6.25. The Morgan fingerprint density at radius 3 is 2.36 bits per heavy atom. The maximum Gasteiger partial charge on any atom is 0.323 e. The number of hydrogen-bond donors (Lipinski definition) is 2. The van der Waals surface area contributed by atoms with Crippen LogP contribution in [-0.4, -0.2) is 16.6 Å². The third kappa shape index (κ3) is 2.73. The second kappa shape index (κ2) is 5.94. The number of aliphatic hydroxyl groups is 1. The van der Waals surface area contributed by atoms with Gasteiger partial charge in [0.2, 0.25) is 0 Å². The molecule has 0 bridgehead atoms. The van der Waals surface area contributed by atoms with Crippen molar-refractivity contribution in [2.45, 2.75) is 11.5 Å². The van der Waals surface area contributed by atoms with E-state index in [1.165, 1.54) is 6.07 Å². The Morgan fingerprint density at radius 2 is 1.86 bits per heavy atom. The Kier molecular flexibility index (Phi) is 4.55. The van der Waals surface area contributed by atoms with Gasteiger partial charge >= 0.3 is 5.92 Å². The average molecular weight is 379 g/mol. The molecule has 8 heteroatoms. The summed E-state index contributed by atoms with van der Waals surface area (Å²) in [5, 5.41) is 10.3. The number of aromatic nitrogens is 1. The van der Waals surface area contributed by atoms with Crippen molar-refractivity contribution in [1.82, 2.24) is 4.98 Å². The predicted molar refractivity (Wildman–Crippen MR) is 75.1 cm³/mol. The molecule has 1 atom stereocenters. The molecule has 0 saturated heterocycles. The lowest BCUT2D eigenvalue weighted by Crippen LogP contribution is -2.50. The highest BCUT2D eigenvalue weighted by Crippen LogP contribution is 2.45. The standard InChI is InChI=1S/C14H11BrF4N2O/c15-8-1-4-12(21-6-8)14(18,19)13(22,7-20)10-3-2-9(16)5-11(10)17/h1-6,22H,7,20H2/t13-/m0/s1. The molecule has 0 amide bonds. The summed E-state index contributed by atoms with van der Waals surface area (Å²) < 4.78 is 56.5. The lowest BCUT2D eigenvalue weighted by Gasteiger charge is -2.35. The van der Waals surface area contributed by atoms with Crippen LogP contribution in [0.2, 0.25) is 0 Å². The van der Waals surface area contributed by atoms with E-state index >= 15 is 0 Å². The molecule has 0 radical (unpaired) electrons. The number of halogens is 5. The molecule has 0 aliphatic heterocycles. The molecule has 1 heterocycles. The van der Waals surface area contributed by atoms with E-state index in [2.05, 4.69) is 20.9 Å². The molecule has 0 fully saturated rings. The van der Waals surface area contributed by atoms with Crippen molar-refractivity contribution in [1.29, 1.82) is 0 Å². The van der Waals surface area contributed by atoms with E-state index in [4.69, 9.17) is 5.73 Å². The van der Waals surface area contributed by atoms with Gasteiger partial charge in [-0.15, -0.1) is 0 Å². The van der Waals surface area contributed by atoms with E-state index in [-0.39, 0.29) is 0 Å². The van der Waals surface area contributed by atoms with E-state index in [1.54, 1.807) is 0 Å². The average Bonchev–Trinajstić information content (AvgIpc) is 2.46. The maximum absolute atomic E-state index is 14.6. The summed E-state index contributed by atoms with van der Waals surface area (Å²) in [7, 11) is 0. The minimum Gasteiger partial charge on any atom is -0.377 e. The van der Waals surface area contributed by atoms with Gasteiger partial charge in [0.1, 0.15) is 17.3 Å². The zero-order chi connectivity index (χ0) is 16.5. The first-order valence-corrected chi connectivity index (χ1v) is 6.89. The van der Waals surface area contributed by atoms with Gasteiger partial charge in [0.15, 0.2) is 5.60 Å². The van der Waals surface area contributed by atoms with Gasteiger partial charge in [-0.25, -0.2) is 8.78 Å². The number of hydrogen-bond acceptors (Lipinski definition) is 3. The van der Waals surface area contributed by atoms with Gasteiger partial charge in [-0.3, -0.25) is 4.98 Å². The number of benzene rings is 1. The highest BCUT2D eigenvalue weighted by molar-refractivity contribution is 9.10. The molecular formula is C14H11BrF4N2O. The van der Waals surface area contributed by atoms with Gasteiger partial charge in [0, 0.05) is 28.8 Å². The molecule has 0 aliphatic rings. The van der Waals surface area contributed by atoms with Crippen LogP contribution in [0, 0.1) is 11.6 Å². The summed E-state index contributed by atoms with van der Waals surface area (Å²) in [6, 6.07) is 4.19. The Morgan fingerprint density at radius 1 is 1.18 bits per heavy atom. The quantitative estimate of drug-likeness (QED) is 0.803. The van der Waals surface area contributed by atoms with E-state index in [0.717, 1.165) is 24.4 Å². The lowest BCUT2D eigenvalue weighted by atomic mass is 9.85. The van der Waals surface area contributed by atoms with Crippen LogP contribution < -0.4 is 5.73 Å². The van der Waals surface area contributed by atoms with Crippen molar-refractivity contribution in [2.24, 2.45) is 5.73 Å². The Hall–Kier alpha value is -1.51. The predicted octanol–water partition coefficient (Wildman–Crippen LogP) is 3.06. The van der Waals surface area contributed by atoms with E-state index in [1.807, 2.05) is 0 Å². The minimum atomic E-state index is -3.99. The van der Waals surface area contributed by atoms with Crippen LogP contribution in [0.15, 0.2) is 41.0 Å². The third-order valence-corrected chi connectivity index (χ3v) is 3.71. The minimum absolute atomic E-state index is 0.404. The van der Waals surface area contributed by atoms with Crippen molar-refractivity contribution >= 4 is 15.9 Å². The van der Waals surface area contributed by atoms with Crippen LogP contribution in [0.1, 0.15) is 11.3 Å². The van der Waals surface area contributed by atoms with Crippen LogP contribution in [0.4, 0.5) is 17.6 Å². The van der Waals surface area contributed by atoms with Crippen molar-refractivity contribution in [2.75, 3.05) is 6.54 Å². The summed E-state index contributed by atoms with van der Waals surface area (Å²) in [6.07, 6.45) is 1.11. The first-order valence-electron chi connectivity index (χ1n) is 6.10. The molecular weight excluding hydrogens is 368 g/mol. The SMILES string of the molecule is NC[C@](O)(c1ccc(F)cc1F)C(F)(F)c1ccc(Br)cn1. The van der Waals surface area contributed by atoms with Gasteiger partial charge in [0.05, 0.1) is 0 Å². The number of nitrogens with zero attached hydrogens (tertiary/aromatic N) is 1. The van der Waals surface area contributed by atoms with Crippen LogP contribution >= 0.6 is 15.9 Å². The molecule has 3 nitrogen and oxygen atoms in total. The molecule has 3 N–H and O–H groups in total. The van der Waals surface area contributed by atoms with Crippen molar-refractivity contribution in [3.05, 3.63) is 63.9 Å². The van der Waals surface area contributed by atoms with Crippen LogP contribution in [0.3, 0.4) is 0 Å². The fraction of sp³-hybridized carbons (Fsp3) is 0.214. The fourth-order valence-corrected chi connectivity index (χ4v) is 2.24. The Labute approximate surface area is 131 Å². The largest absolute Gasteiger partial charge is 0.377 e. The maximum atomic E-state index is 14.6. The molecule has 0 saturated carbocycles.